The number of aromatic nitrogens is 2. The molecule has 0 atom stereocenters. The second-order valence-electron chi connectivity index (χ2n) is 9.75. The van der Waals surface area contributed by atoms with Gasteiger partial charge in [-0.25, -0.2) is 0 Å². The van der Waals surface area contributed by atoms with Crippen LogP contribution in [0.4, 0.5) is 0 Å². The molecule has 36 heavy (non-hydrogen) atoms. The van der Waals surface area contributed by atoms with Gasteiger partial charge in [-0.3, -0.25) is 0 Å². The van der Waals surface area contributed by atoms with Crippen molar-refractivity contribution < 1.29 is 21.1 Å². The zero-order chi connectivity index (χ0) is 24.3. The van der Waals surface area contributed by atoms with Gasteiger partial charge >= 0.3 is 21.1 Å². The normalized spacial score (nSPS) is 11.2. The van der Waals surface area contributed by atoms with Gasteiger partial charge in [-0.05, 0) is 40.1 Å². The van der Waals surface area contributed by atoms with Crippen molar-refractivity contribution in [2.75, 3.05) is 0 Å². The van der Waals surface area contributed by atoms with E-state index >= 15 is 0 Å². The Bertz CT molecular complexity index is 1320. The molecule has 0 aliphatic rings. The average molecular weight is 648 g/mol. The summed E-state index contributed by atoms with van der Waals surface area (Å²) in [7, 11) is 0. The molecule has 180 valence electrons. The van der Waals surface area contributed by atoms with E-state index in [9.17, 15) is 0 Å². The molecule has 0 aliphatic carbocycles. The second-order valence-corrected chi connectivity index (χ2v) is 9.75. The van der Waals surface area contributed by atoms with Crippen molar-refractivity contribution in [2.24, 2.45) is 0 Å². The number of benzene rings is 3. The number of hydrogen-bond acceptors (Lipinski definition) is 2. The minimum absolute atomic E-state index is 0. The van der Waals surface area contributed by atoms with E-state index in [2.05, 4.69) is 81.4 Å². The standard InChI is InChI=1S/C33H28N2.Pt/c1-33(2,3)27-22-20-26(21-23-27)32(30-18-10-16-28(34-30)24-12-6-4-7-13-24)31-19-11-17-29(35-31)25-14-8-5-9-15-25;/h4-12,14,16-23,32H,1-3H3;/q-2;+2. The fourth-order valence-electron chi connectivity index (χ4n) is 4.30. The van der Waals surface area contributed by atoms with E-state index in [1.807, 2.05) is 60.7 Å². The van der Waals surface area contributed by atoms with Crippen molar-refractivity contribution in [1.82, 2.24) is 9.97 Å². The van der Waals surface area contributed by atoms with Gasteiger partial charge in [0.1, 0.15) is 0 Å². The minimum Gasteiger partial charge on any atom is -0.300 e. The fourth-order valence-corrected chi connectivity index (χ4v) is 4.30. The predicted octanol–water partition coefficient (Wildman–Crippen LogP) is 7.89. The van der Waals surface area contributed by atoms with Gasteiger partial charge in [0.2, 0.25) is 0 Å². The molecular weight excluding hydrogens is 619 g/mol. The largest absolute Gasteiger partial charge is 2.00 e. The SMILES string of the molecule is CC(C)(C)c1ccc(C(c2cccc(-c3[c-]cccc3)n2)c2cccc(-c3[c-]cccc3)n2)cc1.[Pt+2]. The van der Waals surface area contributed by atoms with E-state index in [1.165, 1.54) is 11.1 Å². The van der Waals surface area contributed by atoms with Crippen LogP contribution in [-0.2, 0) is 26.5 Å². The third-order valence-electron chi connectivity index (χ3n) is 6.21. The van der Waals surface area contributed by atoms with Crippen LogP contribution in [0, 0.1) is 12.1 Å². The van der Waals surface area contributed by atoms with Crippen molar-refractivity contribution in [3.8, 4) is 22.5 Å². The number of hydrogen-bond donors (Lipinski definition) is 0. The van der Waals surface area contributed by atoms with E-state index in [-0.39, 0.29) is 32.4 Å². The quantitative estimate of drug-likeness (QED) is 0.182. The molecule has 2 aromatic heterocycles. The molecule has 0 unspecified atom stereocenters. The first-order valence-electron chi connectivity index (χ1n) is 12.0. The van der Waals surface area contributed by atoms with Crippen molar-refractivity contribution >= 4 is 0 Å². The molecule has 0 fully saturated rings. The average Bonchev–Trinajstić information content (AvgIpc) is 2.90. The van der Waals surface area contributed by atoms with E-state index in [4.69, 9.17) is 9.97 Å². The van der Waals surface area contributed by atoms with Crippen LogP contribution in [0.2, 0.25) is 0 Å². The first kappa shape index (κ1) is 25.7. The third-order valence-corrected chi connectivity index (χ3v) is 6.21. The van der Waals surface area contributed by atoms with E-state index < -0.39 is 0 Å². The van der Waals surface area contributed by atoms with Gasteiger partial charge in [0.25, 0.3) is 0 Å². The minimum atomic E-state index is -0.101. The molecule has 0 radical (unpaired) electrons. The van der Waals surface area contributed by atoms with E-state index in [0.717, 1.165) is 33.9 Å². The molecule has 0 saturated carbocycles. The number of nitrogens with zero attached hydrogens (tertiary/aromatic N) is 2. The molecule has 3 aromatic carbocycles. The molecule has 2 heterocycles. The molecule has 0 amide bonds. The molecule has 3 heteroatoms. The zero-order valence-electron chi connectivity index (χ0n) is 20.7. The molecule has 0 N–H and O–H groups in total. The van der Waals surface area contributed by atoms with Crippen LogP contribution in [0.15, 0.2) is 109 Å². The molecule has 0 spiro atoms. The summed E-state index contributed by atoms with van der Waals surface area (Å²) in [6.45, 7) is 6.72. The summed E-state index contributed by atoms with van der Waals surface area (Å²) in [5, 5.41) is 0. The molecule has 5 rings (SSSR count). The van der Waals surface area contributed by atoms with Gasteiger partial charge in [-0.15, -0.1) is 71.8 Å². The summed E-state index contributed by atoms with van der Waals surface area (Å²) in [4.78, 5) is 10.2. The Morgan fingerprint density at radius 3 is 1.50 bits per heavy atom. The summed E-state index contributed by atoms with van der Waals surface area (Å²) in [5.41, 5.74) is 8.28. The van der Waals surface area contributed by atoms with E-state index in [1.54, 1.807) is 0 Å². The van der Waals surface area contributed by atoms with Gasteiger partial charge in [0, 0.05) is 11.4 Å². The summed E-state index contributed by atoms with van der Waals surface area (Å²) in [5.74, 6) is -0.101. The monoisotopic (exact) mass is 647 g/mol. The number of pyridine rings is 2. The fraction of sp³-hybridized carbons (Fsp3) is 0.152. The maximum atomic E-state index is 5.09. The molecule has 2 nitrogen and oxygen atoms in total. The van der Waals surface area contributed by atoms with Crippen molar-refractivity contribution in [1.29, 1.82) is 0 Å². The Balaban J connectivity index is 0.00000304. The van der Waals surface area contributed by atoms with Crippen LogP contribution in [0.3, 0.4) is 0 Å². The Morgan fingerprint density at radius 2 is 1.08 bits per heavy atom. The summed E-state index contributed by atoms with van der Waals surface area (Å²) < 4.78 is 0. The summed E-state index contributed by atoms with van der Waals surface area (Å²) in [6.07, 6.45) is 0. The Hall–Kier alpha value is -3.35. The molecule has 0 saturated heterocycles. The molecule has 0 bridgehead atoms. The van der Waals surface area contributed by atoms with Gasteiger partial charge in [0.15, 0.2) is 0 Å². The predicted molar refractivity (Wildman–Crippen MR) is 143 cm³/mol. The third kappa shape index (κ3) is 5.72. The maximum Gasteiger partial charge on any atom is 2.00 e. The number of rotatable bonds is 5. The van der Waals surface area contributed by atoms with Crippen LogP contribution in [-0.4, -0.2) is 9.97 Å². The molecule has 0 aliphatic heterocycles. The van der Waals surface area contributed by atoms with Gasteiger partial charge in [-0.1, -0.05) is 69.3 Å². The van der Waals surface area contributed by atoms with Gasteiger partial charge in [0.05, 0.1) is 5.92 Å². The Morgan fingerprint density at radius 1 is 0.583 bits per heavy atom. The van der Waals surface area contributed by atoms with Crippen LogP contribution in [0.25, 0.3) is 22.5 Å². The second kappa shape index (κ2) is 11.1. The van der Waals surface area contributed by atoms with Crippen molar-refractivity contribution in [3.05, 3.63) is 144 Å². The molecular formula is C33H28N2Pt. The topological polar surface area (TPSA) is 25.8 Å². The smallest absolute Gasteiger partial charge is 0.300 e. The first-order valence-corrected chi connectivity index (χ1v) is 12.0. The zero-order valence-corrected chi connectivity index (χ0v) is 23.0. The van der Waals surface area contributed by atoms with Gasteiger partial charge < -0.3 is 9.97 Å². The van der Waals surface area contributed by atoms with Crippen LogP contribution >= 0.6 is 0 Å². The summed E-state index contributed by atoms with van der Waals surface area (Å²) >= 11 is 0. The van der Waals surface area contributed by atoms with Crippen LogP contribution < -0.4 is 0 Å². The Kier molecular flexibility index (Phi) is 7.97. The van der Waals surface area contributed by atoms with E-state index in [0.29, 0.717) is 0 Å². The maximum absolute atomic E-state index is 5.09. The van der Waals surface area contributed by atoms with Crippen LogP contribution in [0.1, 0.15) is 49.2 Å². The Labute approximate surface area is 228 Å². The van der Waals surface area contributed by atoms with Crippen LogP contribution in [0.5, 0.6) is 0 Å². The van der Waals surface area contributed by atoms with Crippen molar-refractivity contribution in [3.63, 3.8) is 0 Å². The first-order chi connectivity index (χ1) is 17.0. The molecule has 5 aromatic rings. The van der Waals surface area contributed by atoms with Crippen molar-refractivity contribution in [2.45, 2.75) is 32.1 Å². The van der Waals surface area contributed by atoms with Gasteiger partial charge in [-0.2, -0.15) is 0 Å². The summed E-state index contributed by atoms with van der Waals surface area (Å²) in [6, 6.07) is 43.8.